The van der Waals surface area contributed by atoms with Crippen LogP contribution in [0.3, 0.4) is 0 Å². The molecular formula is C18H20N2O3S. The lowest BCUT2D eigenvalue weighted by molar-refractivity contribution is 0.0208. The Kier molecular flexibility index (Phi) is 4.22. The first-order valence-corrected chi connectivity index (χ1v) is 9.57. The molecule has 0 saturated heterocycles. The zero-order valence-corrected chi connectivity index (χ0v) is 14.4. The fraction of sp³-hybridized carbons (Fsp3) is 0.444. The summed E-state index contributed by atoms with van der Waals surface area (Å²) in [5.41, 5.74) is 2.04. The van der Waals surface area contributed by atoms with Gasteiger partial charge in [-0.15, -0.1) is 0 Å². The van der Waals surface area contributed by atoms with Crippen LogP contribution in [0.25, 0.3) is 5.69 Å². The summed E-state index contributed by atoms with van der Waals surface area (Å²) < 4.78 is 13.4. The van der Waals surface area contributed by atoms with Gasteiger partial charge in [0.05, 0.1) is 11.4 Å². The van der Waals surface area contributed by atoms with Crippen molar-refractivity contribution in [1.82, 2.24) is 9.55 Å². The molecule has 1 saturated carbocycles. The molecule has 1 fully saturated rings. The zero-order valence-electron chi connectivity index (χ0n) is 13.6. The molecule has 126 valence electrons. The summed E-state index contributed by atoms with van der Waals surface area (Å²) in [7, 11) is 0. The lowest BCUT2D eigenvalue weighted by atomic mass is 9.97. The summed E-state index contributed by atoms with van der Waals surface area (Å²) in [5.74, 6) is 0.468. The normalized spacial score (nSPS) is 22.2. The number of esters is 1. The van der Waals surface area contributed by atoms with E-state index in [-0.39, 0.29) is 12.1 Å². The minimum Gasteiger partial charge on any atom is -0.485 e. The van der Waals surface area contributed by atoms with E-state index < -0.39 is 0 Å². The first-order valence-electron chi connectivity index (χ1n) is 8.28. The number of aromatic nitrogens is 2. The average molecular weight is 344 g/mol. The summed E-state index contributed by atoms with van der Waals surface area (Å²) in [6.45, 7) is 0.333. The molecule has 24 heavy (non-hydrogen) atoms. The number of rotatable bonds is 3. The van der Waals surface area contributed by atoms with Crippen molar-refractivity contribution in [2.45, 2.75) is 43.6 Å². The van der Waals surface area contributed by atoms with Crippen LogP contribution in [0.1, 0.15) is 41.9 Å². The standard InChI is InChI=1S/C18H20N2O3S/c1-24-13-6-4-5-12(9-13)23-18(21)17-15-10-22-16-8-3-2-7-14(16)20(15)11-19-17/h2-3,7-8,11-13H,4-6,9-10H2,1H3. The lowest BCUT2D eigenvalue weighted by Gasteiger charge is -2.27. The largest absolute Gasteiger partial charge is 0.485 e. The van der Waals surface area contributed by atoms with E-state index in [2.05, 4.69) is 11.2 Å². The Morgan fingerprint density at radius 1 is 1.38 bits per heavy atom. The minimum absolute atomic E-state index is 0.00200. The minimum atomic E-state index is -0.335. The molecule has 2 unspecified atom stereocenters. The Labute approximate surface area is 145 Å². The van der Waals surface area contributed by atoms with Crippen LogP contribution in [0, 0.1) is 0 Å². The van der Waals surface area contributed by atoms with E-state index >= 15 is 0 Å². The molecule has 1 aliphatic heterocycles. The fourth-order valence-corrected chi connectivity index (χ4v) is 4.25. The number of hydrogen-bond acceptors (Lipinski definition) is 5. The van der Waals surface area contributed by atoms with Gasteiger partial charge >= 0.3 is 5.97 Å². The monoisotopic (exact) mass is 344 g/mol. The van der Waals surface area contributed by atoms with Gasteiger partial charge in [0.2, 0.25) is 0 Å². The highest BCUT2D eigenvalue weighted by Gasteiger charge is 2.29. The van der Waals surface area contributed by atoms with Crippen molar-refractivity contribution in [3.05, 3.63) is 42.0 Å². The Morgan fingerprint density at radius 2 is 2.25 bits per heavy atom. The molecule has 2 heterocycles. The number of para-hydroxylation sites is 2. The summed E-state index contributed by atoms with van der Waals surface area (Å²) in [6.07, 6.45) is 7.99. The molecular weight excluding hydrogens is 324 g/mol. The maximum atomic E-state index is 12.6. The highest BCUT2D eigenvalue weighted by atomic mass is 32.2. The van der Waals surface area contributed by atoms with Crippen LogP contribution in [0.15, 0.2) is 30.6 Å². The number of imidazole rings is 1. The topological polar surface area (TPSA) is 53.3 Å². The quantitative estimate of drug-likeness (QED) is 0.797. The van der Waals surface area contributed by atoms with E-state index in [4.69, 9.17) is 9.47 Å². The fourth-order valence-electron chi connectivity index (χ4n) is 3.44. The van der Waals surface area contributed by atoms with Gasteiger partial charge in [-0.3, -0.25) is 4.57 Å². The molecule has 4 rings (SSSR count). The van der Waals surface area contributed by atoms with Crippen molar-refractivity contribution in [2.24, 2.45) is 0 Å². The molecule has 0 radical (unpaired) electrons. The van der Waals surface area contributed by atoms with Gasteiger partial charge in [0, 0.05) is 5.25 Å². The first-order chi connectivity index (χ1) is 11.8. The van der Waals surface area contributed by atoms with Crippen molar-refractivity contribution in [2.75, 3.05) is 6.26 Å². The van der Waals surface area contributed by atoms with Gasteiger partial charge in [0.25, 0.3) is 0 Å². The highest BCUT2D eigenvalue weighted by molar-refractivity contribution is 7.99. The van der Waals surface area contributed by atoms with Gasteiger partial charge in [-0.2, -0.15) is 11.8 Å². The Balaban J connectivity index is 1.54. The SMILES string of the molecule is CSC1CCCC(OC(=O)c2ncn3c2COc2ccccc2-3)C1. The van der Waals surface area contributed by atoms with Gasteiger partial charge < -0.3 is 9.47 Å². The first kappa shape index (κ1) is 15.6. The van der Waals surface area contributed by atoms with Crippen LogP contribution in [-0.2, 0) is 11.3 Å². The molecule has 5 nitrogen and oxygen atoms in total. The molecule has 0 amide bonds. The third kappa shape index (κ3) is 2.79. The van der Waals surface area contributed by atoms with Crippen molar-refractivity contribution in [1.29, 1.82) is 0 Å². The molecule has 2 aliphatic rings. The van der Waals surface area contributed by atoms with Gasteiger partial charge in [0.15, 0.2) is 5.69 Å². The second-order valence-corrected chi connectivity index (χ2v) is 7.36. The summed E-state index contributed by atoms with van der Waals surface area (Å²) >= 11 is 1.86. The van der Waals surface area contributed by atoms with E-state index in [9.17, 15) is 4.79 Å². The average Bonchev–Trinajstić information content (AvgIpc) is 3.06. The summed E-state index contributed by atoms with van der Waals surface area (Å²) in [6, 6.07) is 7.75. The van der Waals surface area contributed by atoms with E-state index in [0.717, 1.165) is 36.4 Å². The number of carbonyl (C=O) groups excluding carboxylic acids is 1. The lowest BCUT2D eigenvalue weighted by Crippen LogP contribution is -2.27. The van der Waals surface area contributed by atoms with Crippen LogP contribution in [0.2, 0.25) is 0 Å². The van der Waals surface area contributed by atoms with Gasteiger partial charge in [-0.1, -0.05) is 12.1 Å². The van der Waals surface area contributed by atoms with Crippen LogP contribution in [-0.4, -0.2) is 33.1 Å². The molecule has 2 atom stereocenters. The number of hydrogen-bond donors (Lipinski definition) is 0. The second-order valence-electron chi connectivity index (χ2n) is 6.22. The predicted octanol–water partition coefficient (Wildman–Crippen LogP) is 3.60. The maximum Gasteiger partial charge on any atom is 0.359 e. The second kappa shape index (κ2) is 6.51. The third-order valence-electron chi connectivity index (χ3n) is 4.73. The molecule has 6 heteroatoms. The Morgan fingerprint density at radius 3 is 3.12 bits per heavy atom. The molecule has 2 aromatic rings. The van der Waals surface area contributed by atoms with Gasteiger partial charge in [-0.05, 0) is 44.1 Å². The smallest absolute Gasteiger partial charge is 0.359 e. The number of fused-ring (bicyclic) bond motifs is 3. The number of carbonyl (C=O) groups is 1. The number of ether oxygens (including phenoxy) is 2. The molecule has 1 aliphatic carbocycles. The molecule has 1 aromatic carbocycles. The van der Waals surface area contributed by atoms with Crippen molar-refractivity contribution >= 4 is 17.7 Å². The molecule has 0 spiro atoms. The van der Waals surface area contributed by atoms with Gasteiger partial charge in [-0.25, -0.2) is 9.78 Å². The number of benzene rings is 1. The van der Waals surface area contributed by atoms with Crippen LogP contribution >= 0.6 is 11.8 Å². The molecule has 0 bridgehead atoms. The number of nitrogens with zero attached hydrogens (tertiary/aromatic N) is 2. The van der Waals surface area contributed by atoms with Crippen LogP contribution < -0.4 is 4.74 Å². The Bertz CT molecular complexity index is 758. The van der Waals surface area contributed by atoms with E-state index in [0.29, 0.717) is 17.6 Å². The predicted molar refractivity (Wildman–Crippen MR) is 92.9 cm³/mol. The number of thioether (sulfide) groups is 1. The van der Waals surface area contributed by atoms with E-state index in [1.54, 1.807) is 6.33 Å². The van der Waals surface area contributed by atoms with Crippen molar-refractivity contribution in [3.8, 4) is 11.4 Å². The summed E-state index contributed by atoms with van der Waals surface area (Å²) in [5, 5.41) is 0.586. The molecule has 0 N–H and O–H groups in total. The van der Waals surface area contributed by atoms with Gasteiger partial charge in [0.1, 0.15) is 24.8 Å². The summed E-state index contributed by atoms with van der Waals surface area (Å²) in [4.78, 5) is 16.9. The zero-order chi connectivity index (χ0) is 16.5. The van der Waals surface area contributed by atoms with Crippen molar-refractivity contribution < 1.29 is 14.3 Å². The maximum absolute atomic E-state index is 12.6. The highest BCUT2D eigenvalue weighted by Crippen LogP contribution is 2.32. The van der Waals surface area contributed by atoms with E-state index in [1.165, 1.54) is 6.42 Å². The Hall–Kier alpha value is -1.95. The molecule has 1 aromatic heterocycles. The van der Waals surface area contributed by atoms with Crippen molar-refractivity contribution in [3.63, 3.8) is 0 Å². The van der Waals surface area contributed by atoms with Crippen LogP contribution in [0.4, 0.5) is 0 Å². The van der Waals surface area contributed by atoms with Crippen LogP contribution in [0.5, 0.6) is 5.75 Å². The van der Waals surface area contributed by atoms with E-state index in [1.807, 2.05) is 40.6 Å². The third-order valence-corrected chi connectivity index (χ3v) is 5.83.